The van der Waals surface area contributed by atoms with E-state index in [9.17, 15) is 29.0 Å². The molecule has 2 saturated heterocycles. The van der Waals surface area contributed by atoms with Crippen LogP contribution in [0.1, 0.15) is 29.7 Å². The zero-order valence-corrected chi connectivity index (χ0v) is 18.5. The highest BCUT2D eigenvalue weighted by molar-refractivity contribution is 9.10. The van der Waals surface area contributed by atoms with E-state index in [-0.39, 0.29) is 5.56 Å². The molecular formula is C23H14BrF3N4O2. The van der Waals surface area contributed by atoms with Crippen molar-refractivity contribution in [1.82, 2.24) is 0 Å². The number of alkyl halides is 3. The molecule has 1 N–H and O–H groups in total. The maximum absolute atomic E-state index is 13.4. The van der Waals surface area contributed by atoms with Crippen molar-refractivity contribution in [1.29, 1.82) is 21.2 Å². The number of halogens is 4. The molecule has 0 radical (unpaired) electrons. The lowest BCUT2D eigenvalue weighted by molar-refractivity contribution is -0.288. The number of hydrogen-bond acceptors (Lipinski definition) is 6. The molecule has 2 fully saturated rings. The highest BCUT2D eigenvalue weighted by Crippen LogP contribution is 2.69. The van der Waals surface area contributed by atoms with Crippen molar-refractivity contribution < 1.29 is 22.6 Å². The predicted octanol–water partition coefficient (Wildman–Crippen LogP) is 5.58. The van der Waals surface area contributed by atoms with Crippen LogP contribution in [0.4, 0.5) is 13.2 Å². The summed E-state index contributed by atoms with van der Waals surface area (Å²) in [7, 11) is 0. The predicted molar refractivity (Wildman–Crippen MR) is 111 cm³/mol. The summed E-state index contributed by atoms with van der Waals surface area (Å²) >= 11 is 3.32. The number of fused-ring (bicyclic) bond motifs is 2. The summed E-state index contributed by atoms with van der Waals surface area (Å²) in [6.07, 6.45) is -6.30. The summed E-state index contributed by atoms with van der Waals surface area (Å²) in [5.41, 5.74) is -5.18. The second kappa shape index (κ2) is 7.31. The van der Waals surface area contributed by atoms with Crippen molar-refractivity contribution in [3.63, 3.8) is 0 Å². The van der Waals surface area contributed by atoms with Gasteiger partial charge in [0.2, 0.25) is 17.1 Å². The minimum atomic E-state index is -4.68. The van der Waals surface area contributed by atoms with Crippen molar-refractivity contribution in [2.75, 3.05) is 0 Å². The van der Waals surface area contributed by atoms with E-state index in [4.69, 9.17) is 14.9 Å². The smallest absolute Gasteiger partial charge is 0.416 e. The van der Waals surface area contributed by atoms with Crippen LogP contribution in [0.3, 0.4) is 0 Å². The lowest BCUT2D eigenvalue weighted by Gasteiger charge is -2.48. The summed E-state index contributed by atoms with van der Waals surface area (Å²) in [4.78, 5) is 0. The number of nitriles is 3. The van der Waals surface area contributed by atoms with E-state index in [1.54, 1.807) is 24.3 Å². The summed E-state index contributed by atoms with van der Waals surface area (Å²) in [6, 6.07) is 16.2. The minimum absolute atomic E-state index is 0.126. The fraction of sp³-hybridized carbons (Fsp3) is 0.304. The van der Waals surface area contributed by atoms with Gasteiger partial charge in [-0.15, -0.1) is 0 Å². The van der Waals surface area contributed by atoms with E-state index < -0.39 is 46.3 Å². The monoisotopic (exact) mass is 514 g/mol. The largest absolute Gasteiger partial charge is 0.443 e. The third-order valence-electron chi connectivity index (χ3n) is 6.43. The maximum atomic E-state index is 13.4. The molecule has 0 amide bonds. The molecule has 2 aromatic rings. The number of rotatable bonds is 2. The van der Waals surface area contributed by atoms with Gasteiger partial charge < -0.3 is 9.47 Å². The first-order valence-electron chi connectivity index (χ1n) is 9.65. The van der Waals surface area contributed by atoms with Crippen LogP contribution in [0.2, 0.25) is 0 Å². The number of ether oxygens (including phenoxy) is 2. The van der Waals surface area contributed by atoms with Crippen LogP contribution in [0.15, 0.2) is 53.0 Å². The molecule has 33 heavy (non-hydrogen) atoms. The van der Waals surface area contributed by atoms with Crippen LogP contribution in [-0.2, 0) is 21.4 Å². The van der Waals surface area contributed by atoms with E-state index in [2.05, 4.69) is 15.9 Å². The topological polar surface area (TPSA) is 114 Å². The van der Waals surface area contributed by atoms with Crippen molar-refractivity contribution in [3.05, 3.63) is 69.7 Å². The Kier molecular flexibility index (Phi) is 5.05. The molecule has 0 aromatic heterocycles. The van der Waals surface area contributed by atoms with Gasteiger partial charge in [0, 0.05) is 10.0 Å². The molecule has 4 rings (SSSR count). The molecule has 166 valence electrons. The molecule has 0 saturated carbocycles. The number of nitrogens with zero attached hydrogens (tertiary/aromatic N) is 3. The van der Waals surface area contributed by atoms with E-state index in [1.807, 2.05) is 18.2 Å². The third kappa shape index (κ3) is 2.83. The molecule has 4 atom stereocenters. The van der Waals surface area contributed by atoms with Gasteiger partial charge in [0.05, 0.1) is 29.7 Å². The normalized spacial score (nSPS) is 29.9. The summed E-state index contributed by atoms with van der Waals surface area (Å²) in [5.74, 6) is -3.42. The Morgan fingerprint density at radius 1 is 1.03 bits per heavy atom. The van der Waals surface area contributed by atoms with Crippen LogP contribution in [-0.4, -0.2) is 5.90 Å². The minimum Gasteiger partial charge on any atom is -0.443 e. The molecule has 0 aliphatic carbocycles. The highest BCUT2D eigenvalue weighted by atomic mass is 79.9. The van der Waals surface area contributed by atoms with Crippen molar-refractivity contribution in [2.24, 2.45) is 16.7 Å². The molecule has 6 nitrogen and oxygen atoms in total. The van der Waals surface area contributed by atoms with E-state index in [0.717, 1.165) is 22.7 Å². The van der Waals surface area contributed by atoms with Crippen LogP contribution in [0.25, 0.3) is 0 Å². The van der Waals surface area contributed by atoms with E-state index in [1.165, 1.54) is 13.0 Å². The Morgan fingerprint density at radius 3 is 2.21 bits per heavy atom. The molecule has 2 heterocycles. The molecule has 2 aliphatic rings. The fourth-order valence-corrected chi connectivity index (χ4v) is 4.99. The maximum Gasteiger partial charge on any atom is 0.416 e. The Hall–Kier alpha value is -3.39. The Morgan fingerprint density at radius 2 is 1.67 bits per heavy atom. The first kappa shape index (κ1) is 22.8. The Balaban J connectivity index is 2.03. The average molecular weight is 515 g/mol. The zero-order valence-electron chi connectivity index (χ0n) is 16.9. The molecule has 0 spiro atoms. The van der Waals surface area contributed by atoms with E-state index in [0.29, 0.717) is 5.56 Å². The van der Waals surface area contributed by atoms with Crippen LogP contribution >= 0.6 is 15.9 Å². The highest BCUT2D eigenvalue weighted by Gasteiger charge is 2.79. The number of hydrogen-bond donors (Lipinski definition) is 1. The number of nitrogens with one attached hydrogen (secondary N) is 1. The summed E-state index contributed by atoms with van der Waals surface area (Å²) < 4.78 is 53.0. The second-order valence-electron chi connectivity index (χ2n) is 7.90. The standard InChI is InChI=1S/C23H14BrF3N4O2/c1-13-21(12-30)19(31)33-22(13,15-5-7-17(24)8-6-15)32-18(20(21,10-28)11-29)14-3-2-4-16(9-14)23(25,26)27/h2-9,13,18,31H,1H3. The fourth-order valence-electron chi connectivity index (χ4n) is 4.73. The quantitative estimate of drug-likeness (QED) is 0.561. The lowest BCUT2D eigenvalue weighted by Crippen LogP contribution is -2.57. The molecule has 10 heteroatoms. The Bertz CT molecular complexity index is 1260. The molecule has 2 aliphatic heterocycles. The van der Waals surface area contributed by atoms with Gasteiger partial charge in [0.25, 0.3) is 0 Å². The number of benzene rings is 2. The lowest BCUT2D eigenvalue weighted by atomic mass is 9.53. The van der Waals surface area contributed by atoms with Crippen molar-refractivity contribution in [3.8, 4) is 18.2 Å². The second-order valence-corrected chi connectivity index (χ2v) is 8.82. The molecule has 2 bridgehead atoms. The van der Waals surface area contributed by atoms with Gasteiger partial charge in [-0.3, -0.25) is 5.41 Å². The van der Waals surface area contributed by atoms with Gasteiger partial charge >= 0.3 is 6.18 Å². The van der Waals surface area contributed by atoms with Gasteiger partial charge in [-0.2, -0.15) is 29.0 Å². The van der Waals surface area contributed by atoms with Crippen molar-refractivity contribution >= 4 is 21.8 Å². The molecule has 4 unspecified atom stereocenters. The summed E-state index contributed by atoms with van der Waals surface area (Å²) in [5, 5.41) is 39.1. The third-order valence-corrected chi connectivity index (χ3v) is 6.96. The van der Waals surface area contributed by atoms with Gasteiger partial charge in [-0.05, 0) is 29.8 Å². The first-order valence-corrected chi connectivity index (χ1v) is 10.4. The van der Waals surface area contributed by atoms with Gasteiger partial charge in [0.15, 0.2) is 5.41 Å². The van der Waals surface area contributed by atoms with Crippen LogP contribution in [0, 0.1) is 56.2 Å². The zero-order chi connectivity index (χ0) is 24.2. The molecular weight excluding hydrogens is 501 g/mol. The summed E-state index contributed by atoms with van der Waals surface area (Å²) in [6.45, 7) is 1.53. The van der Waals surface area contributed by atoms with Gasteiger partial charge in [-0.25, -0.2) is 0 Å². The van der Waals surface area contributed by atoms with Crippen molar-refractivity contribution in [2.45, 2.75) is 25.0 Å². The SMILES string of the molecule is CC1C2(c3ccc(Br)cc3)OC(=N)C1(C#N)C(C#N)(C#N)C(c1cccc(C(F)(F)F)c1)O2. The first-order chi connectivity index (χ1) is 15.5. The molecule has 2 aromatic carbocycles. The van der Waals surface area contributed by atoms with E-state index >= 15 is 0 Å². The van der Waals surface area contributed by atoms with Gasteiger partial charge in [0.1, 0.15) is 6.10 Å². The van der Waals surface area contributed by atoms with Crippen LogP contribution in [0.5, 0.6) is 0 Å². The average Bonchev–Trinajstić information content (AvgIpc) is 2.95. The van der Waals surface area contributed by atoms with Gasteiger partial charge in [-0.1, -0.05) is 47.1 Å². The van der Waals surface area contributed by atoms with Crippen LogP contribution < -0.4 is 0 Å². The Labute approximate surface area is 195 Å².